The number of pyridine rings is 1. The van der Waals surface area contributed by atoms with E-state index < -0.39 is 5.97 Å². The van der Waals surface area contributed by atoms with E-state index in [1.807, 2.05) is 18.2 Å². The van der Waals surface area contributed by atoms with Gasteiger partial charge in [0.15, 0.2) is 0 Å². The average molecular weight is 495 g/mol. The predicted octanol–water partition coefficient (Wildman–Crippen LogP) is 8.27. The number of fused-ring (bicyclic) bond motifs is 1. The van der Waals surface area contributed by atoms with Crippen LogP contribution in [0.15, 0.2) is 36.5 Å². The van der Waals surface area contributed by atoms with Gasteiger partial charge in [0.25, 0.3) is 0 Å². The monoisotopic (exact) mass is 493 g/mol. The van der Waals surface area contributed by atoms with Crippen molar-refractivity contribution >= 4 is 16.9 Å². The zero-order chi connectivity index (χ0) is 22.6. The average Bonchev–Trinajstić information content (AvgIpc) is 2.77. The first-order chi connectivity index (χ1) is 15.1. The molecule has 0 spiro atoms. The van der Waals surface area contributed by atoms with Gasteiger partial charge >= 0.3 is 5.97 Å². The zero-order valence-electron chi connectivity index (χ0n) is 20.2. The molecule has 5 heteroatoms. The van der Waals surface area contributed by atoms with E-state index >= 15 is 0 Å². The van der Waals surface area contributed by atoms with Crippen LogP contribution >= 0.6 is 0 Å². The summed E-state index contributed by atoms with van der Waals surface area (Å²) in [6, 6.07) is 9.13. The Hall–Kier alpha value is -1.48. The van der Waals surface area contributed by atoms with Crippen LogP contribution < -0.4 is 0 Å². The first-order valence-electron chi connectivity index (χ1n) is 12.4. The second kappa shape index (κ2) is 21.4. The number of hydrogen-bond acceptors (Lipinski definition) is 3. The molecule has 0 aliphatic heterocycles. The van der Waals surface area contributed by atoms with Crippen LogP contribution in [0.2, 0.25) is 0 Å². The van der Waals surface area contributed by atoms with Gasteiger partial charge in [-0.15, -0.1) is 0 Å². The van der Waals surface area contributed by atoms with Crippen LogP contribution in [0.5, 0.6) is 5.75 Å². The Balaban J connectivity index is 0.000000668. The number of carboxylic acid groups (broad SMARTS) is 1. The molecule has 2 rings (SSSR count). The molecule has 1 heterocycles. The first kappa shape index (κ1) is 30.5. The van der Waals surface area contributed by atoms with Crippen LogP contribution in [0.1, 0.15) is 110 Å². The topological polar surface area (TPSA) is 70.4 Å². The van der Waals surface area contributed by atoms with Gasteiger partial charge < -0.3 is 10.2 Å². The molecule has 0 fully saturated rings. The minimum atomic E-state index is -0.653. The smallest absolute Gasteiger partial charge is 0.303 e. The van der Waals surface area contributed by atoms with E-state index in [4.69, 9.17) is 5.11 Å². The normalized spacial score (nSPS) is 10.3. The van der Waals surface area contributed by atoms with Crippen molar-refractivity contribution in [2.24, 2.45) is 0 Å². The van der Waals surface area contributed by atoms with Crippen molar-refractivity contribution in [1.29, 1.82) is 0 Å². The summed E-state index contributed by atoms with van der Waals surface area (Å²) in [5, 5.41) is 18.8. The van der Waals surface area contributed by atoms with Crippen LogP contribution in [0, 0.1) is 0 Å². The number of aromatic hydroxyl groups is 1. The Morgan fingerprint density at radius 3 is 1.69 bits per heavy atom. The molecule has 0 saturated heterocycles. The minimum absolute atomic E-state index is 0. The largest absolute Gasteiger partial charge is 0.506 e. The minimum Gasteiger partial charge on any atom is -0.506 e. The number of aromatic nitrogens is 1. The number of para-hydroxylation sites is 1. The van der Waals surface area contributed by atoms with Crippen molar-refractivity contribution in [3.63, 3.8) is 0 Å². The van der Waals surface area contributed by atoms with Crippen molar-refractivity contribution in [3.8, 4) is 5.75 Å². The van der Waals surface area contributed by atoms with Gasteiger partial charge in [-0.3, -0.25) is 9.78 Å². The third-order valence-electron chi connectivity index (χ3n) is 5.61. The number of carbonyl (C=O) groups is 1. The van der Waals surface area contributed by atoms with Crippen LogP contribution in [0.4, 0.5) is 0 Å². The van der Waals surface area contributed by atoms with Gasteiger partial charge in [0, 0.05) is 37.5 Å². The molecule has 1 aromatic carbocycles. The molecule has 1 aromatic heterocycles. The van der Waals surface area contributed by atoms with Gasteiger partial charge in [-0.25, -0.2) is 0 Å². The van der Waals surface area contributed by atoms with Crippen molar-refractivity contribution in [1.82, 2.24) is 4.98 Å². The summed E-state index contributed by atoms with van der Waals surface area (Å²) in [6.07, 6.45) is 21.9. The Bertz CT molecular complexity index is 703. The third-order valence-corrected chi connectivity index (χ3v) is 5.61. The van der Waals surface area contributed by atoms with E-state index in [-0.39, 0.29) is 25.2 Å². The summed E-state index contributed by atoms with van der Waals surface area (Å²) in [7, 11) is 0. The number of phenols is 1. The molecule has 2 aromatic rings. The third kappa shape index (κ3) is 16.2. The molecule has 4 nitrogen and oxygen atoms in total. The number of hydrogen-bond donors (Lipinski definition) is 2. The fourth-order valence-electron chi connectivity index (χ4n) is 3.74. The van der Waals surface area contributed by atoms with Crippen LogP contribution in [0.3, 0.4) is 0 Å². The Labute approximate surface area is 208 Å². The Morgan fingerprint density at radius 1 is 0.750 bits per heavy atom. The van der Waals surface area contributed by atoms with Crippen LogP contribution in [-0.2, 0) is 24.3 Å². The van der Waals surface area contributed by atoms with Gasteiger partial charge in [0.2, 0.25) is 0 Å². The van der Waals surface area contributed by atoms with Crippen molar-refractivity contribution < 1.29 is 34.5 Å². The number of benzene rings is 1. The van der Waals surface area contributed by atoms with Crippen LogP contribution in [0.25, 0.3) is 10.9 Å². The van der Waals surface area contributed by atoms with E-state index in [0.717, 1.165) is 18.2 Å². The SMILES string of the molecule is CCCCCCCCCCCCCCCCCC(=O)O.Oc1cccc2cccnc12.[Zn]. The quantitative estimate of drug-likeness (QED) is 0.182. The Morgan fingerprint density at radius 2 is 1.22 bits per heavy atom. The summed E-state index contributed by atoms with van der Waals surface area (Å²) in [5.74, 6) is -0.414. The molecule has 0 unspecified atom stereocenters. The van der Waals surface area contributed by atoms with Gasteiger partial charge in [-0.2, -0.15) is 0 Å². The maximum absolute atomic E-state index is 10.3. The van der Waals surface area contributed by atoms with E-state index in [1.54, 1.807) is 18.3 Å². The molecule has 0 aliphatic carbocycles. The van der Waals surface area contributed by atoms with E-state index in [1.165, 1.54) is 83.5 Å². The predicted molar refractivity (Wildman–Crippen MR) is 131 cm³/mol. The molecular weight excluding hydrogens is 452 g/mol. The molecular formula is C27H43NO3Zn. The number of nitrogens with zero attached hydrogens (tertiary/aromatic N) is 1. The molecule has 176 valence electrons. The Kier molecular flexibility index (Phi) is 20.4. The number of phenolic OH excluding ortho intramolecular Hbond substituents is 1. The van der Waals surface area contributed by atoms with E-state index in [2.05, 4.69) is 11.9 Å². The summed E-state index contributed by atoms with van der Waals surface area (Å²) in [5.41, 5.74) is 0.662. The molecule has 0 atom stereocenters. The standard InChI is InChI=1S/C18H36O2.C9H7NO.Zn/c1-2-3-4-5-6-7-8-9-10-11-12-13-14-15-16-17-18(19)20;11-8-5-1-3-7-4-2-6-10-9(7)8;/h2-17H2,1H3,(H,19,20);1-6,11H;. The van der Waals surface area contributed by atoms with E-state index in [9.17, 15) is 9.90 Å². The first-order valence-corrected chi connectivity index (χ1v) is 12.4. The summed E-state index contributed by atoms with van der Waals surface area (Å²) in [4.78, 5) is 14.4. The van der Waals surface area contributed by atoms with Gasteiger partial charge in [-0.1, -0.05) is 115 Å². The molecule has 2 N–H and O–H groups in total. The number of unbranched alkanes of at least 4 members (excludes halogenated alkanes) is 14. The van der Waals surface area contributed by atoms with Gasteiger partial charge in [0.1, 0.15) is 11.3 Å². The molecule has 0 bridgehead atoms. The summed E-state index contributed by atoms with van der Waals surface area (Å²) >= 11 is 0. The summed E-state index contributed by atoms with van der Waals surface area (Å²) in [6.45, 7) is 2.27. The maximum atomic E-state index is 10.3. The van der Waals surface area contributed by atoms with E-state index in [0.29, 0.717) is 11.9 Å². The second-order valence-corrected chi connectivity index (χ2v) is 8.45. The fraction of sp³-hybridized carbons (Fsp3) is 0.630. The molecule has 0 radical (unpaired) electrons. The number of aliphatic carboxylic acids is 1. The van der Waals surface area contributed by atoms with Crippen LogP contribution in [-0.4, -0.2) is 21.2 Å². The fourth-order valence-corrected chi connectivity index (χ4v) is 3.74. The molecule has 32 heavy (non-hydrogen) atoms. The van der Waals surface area contributed by atoms with Crippen molar-refractivity contribution in [2.75, 3.05) is 0 Å². The van der Waals surface area contributed by atoms with Crippen molar-refractivity contribution in [3.05, 3.63) is 36.5 Å². The number of carboxylic acids is 1. The maximum Gasteiger partial charge on any atom is 0.303 e. The molecule has 0 aliphatic rings. The number of rotatable bonds is 16. The second-order valence-electron chi connectivity index (χ2n) is 8.45. The zero-order valence-corrected chi connectivity index (χ0v) is 23.2. The van der Waals surface area contributed by atoms with Gasteiger partial charge in [0.05, 0.1) is 0 Å². The summed E-state index contributed by atoms with van der Waals surface area (Å²) < 4.78 is 0. The van der Waals surface area contributed by atoms with Crippen molar-refractivity contribution in [2.45, 2.75) is 110 Å². The van der Waals surface area contributed by atoms with Gasteiger partial charge in [-0.05, 0) is 18.6 Å². The molecule has 0 amide bonds. The molecule has 0 saturated carbocycles.